The maximum atomic E-state index is 12.5. The minimum Gasteiger partial charge on any atom is -0.493 e. The number of nitrogens with two attached hydrogens (primary N) is 1. The quantitative estimate of drug-likeness (QED) is 0.804. The number of amides is 2. The number of ether oxygens (including phenoxy) is 2. The summed E-state index contributed by atoms with van der Waals surface area (Å²) in [6.07, 6.45) is 0. The standard InChI is InChI=1S/C18H20N4O4/c1-25-15-8-7-12(9-16(15)26-2)10-21-14-6-4-3-5-13(14)18(24)22(20-21)11-17(19)23/h3-9,20H,10-11H2,1-2H3,(H2,19,23). The fraction of sp³-hybridized carbons (Fsp3) is 0.222. The number of hydrogen-bond acceptors (Lipinski definition) is 6. The van der Waals surface area contributed by atoms with Crippen LogP contribution in [0.4, 0.5) is 5.69 Å². The summed E-state index contributed by atoms with van der Waals surface area (Å²) in [5.41, 5.74) is 10.3. The van der Waals surface area contributed by atoms with Crippen LogP contribution in [0.25, 0.3) is 0 Å². The van der Waals surface area contributed by atoms with Crippen LogP contribution in [0.5, 0.6) is 11.5 Å². The Morgan fingerprint density at radius 1 is 1.08 bits per heavy atom. The van der Waals surface area contributed by atoms with E-state index in [4.69, 9.17) is 15.2 Å². The van der Waals surface area contributed by atoms with Gasteiger partial charge >= 0.3 is 0 Å². The highest BCUT2D eigenvalue weighted by Crippen LogP contribution is 2.30. The number of methoxy groups -OCH3 is 2. The van der Waals surface area contributed by atoms with Crippen molar-refractivity contribution >= 4 is 17.5 Å². The number of hydrogen-bond donors (Lipinski definition) is 2. The van der Waals surface area contributed by atoms with Crippen LogP contribution in [-0.4, -0.2) is 37.6 Å². The third kappa shape index (κ3) is 3.40. The molecule has 0 bridgehead atoms. The molecule has 26 heavy (non-hydrogen) atoms. The van der Waals surface area contributed by atoms with Crippen molar-refractivity contribution in [3.8, 4) is 11.5 Å². The second-order valence-corrected chi connectivity index (χ2v) is 5.75. The van der Waals surface area contributed by atoms with Gasteiger partial charge < -0.3 is 15.2 Å². The van der Waals surface area contributed by atoms with Gasteiger partial charge in [0.2, 0.25) is 5.91 Å². The van der Waals surface area contributed by atoms with E-state index in [9.17, 15) is 9.59 Å². The number of fused-ring (bicyclic) bond motifs is 1. The van der Waals surface area contributed by atoms with E-state index in [-0.39, 0.29) is 12.5 Å². The fourth-order valence-corrected chi connectivity index (χ4v) is 2.83. The lowest BCUT2D eigenvalue weighted by Gasteiger charge is -2.38. The lowest BCUT2D eigenvalue weighted by molar-refractivity contribution is -0.119. The highest BCUT2D eigenvalue weighted by atomic mass is 16.5. The van der Waals surface area contributed by atoms with Gasteiger partial charge in [-0.05, 0) is 29.8 Å². The molecule has 0 spiro atoms. The number of hydrazine groups is 2. The zero-order valence-electron chi connectivity index (χ0n) is 14.6. The molecule has 0 aliphatic carbocycles. The van der Waals surface area contributed by atoms with E-state index in [1.165, 1.54) is 5.01 Å². The molecule has 136 valence electrons. The van der Waals surface area contributed by atoms with Crippen molar-refractivity contribution in [2.75, 3.05) is 25.8 Å². The lowest BCUT2D eigenvalue weighted by atomic mass is 10.1. The van der Waals surface area contributed by atoms with Gasteiger partial charge in [-0.15, -0.1) is 5.53 Å². The maximum Gasteiger partial charge on any atom is 0.272 e. The zero-order chi connectivity index (χ0) is 18.7. The van der Waals surface area contributed by atoms with E-state index in [1.807, 2.05) is 30.3 Å². The first kappa shape index (κ1) is 17.6. The second-order valence-electron chi connectivity index (χ2n) is 5.75. The number of para-hydroxylation sites is 1. The van der Waals surface area contributed by atoms with E-state index >= 15 is 0 Å². The molecule has 0 fully saturated rings. The van der Waals surface area contributed by atoms with Crippen molar-refractivity contribution in [3.05, 3.63) is 53.6 Å². The van der Waals surface area contributed by atoms with E-state index in [0.29, 0.717) is 29.3 Å². The molecule has 0 atom stereocenters. The highest BCUT2D eigenvalue weighted by Gasteiger charge is 2.29. The third-order valence-electron chi connectivity index (χ3n) is 4.01. The van der Waals surface area contributed by atoms with Crippen molar-refractivity contribution < 1.29 is 19.1 Å². The van der Waals surface area contributed by atoms with Gasteiger partial charge in [0.15, 0.2) is 11.5 Å². The molecule has 3 N–H and O–H groups in total. The van der Waals surface area contributed by atoms with Crippen LogP contribution in [0, 0.1) is 0 Å². The van der Waals surface area contributed by atoms with Gasteiger partial charge in [-0.2, -0.15) is 0 Å². The Morgan fingerprint density at radius 2 is 1.81 bits per heavy atom. The van der Waals surface area contributed by atoms with Crippen molar-refractivity contribution in [2.24, 2.45) is 5.73 Å². The number of benzene rings is 2. The second kappa shape index (κ2) is 7.32. The van der Waals surface area contributed by atoms with E-state index in [0.717, 1.165) is 5.56 Å². The van der Waals surface area contributed by atoms with Crippen LogP contribution < -0.4 is 25.8 Å². The SMILES string of the molecule is COc1ccc(CN2NN(CC(N)=O)C(=O)c3ccccc32)cc1OC. The van der Waals surface area contributed by atoms with Crippen LogP contribution in [0.2, 0.25) is 0 Å². The third-order valence-corrected chi connectivity index (χ3v) is 4.01. The molecular formula is C18H20N4O4. The Bertz CT molecular complexity index is 840. The summed E-state index contributed by atoms with van der Waals surface area (Å²) in [6, 6.07) is 12.8. The first-order valence-electron chi connectivity index (χ1n) is 7.97. The minimum absolute atomic E-state index is 0.227. The number of primary amides is 1. The molecule has 2 aromatic carbocycles. The molecule has 1 heterocycles. The predicted molar refractivity (Wildman–Crippen MR) is 95.5 cm³/mol. The molecule has 1 aliphatic rings. The van der Waals surface area contributed by atoms with E-state index in [2.05, 4.69) is 5.53 Å². The topological polar surface area (TPSA) is 97.1 Å². The summed E-state index contributed by atoms with van der Waals surface area (Å²) in [7, 11) is 3.15. The van der Waals surface area contributed by atoms with Gasteiger partial charge in [0.1, 0.15) is 6.54 Å². The summed E-state index contributed by atoms with van der Waals surface area (Å²) < 4.78 is 10.6. The van der Waals surface area contributed by atoms with Crippen molar-refractivity contribution in [1.82, 2.24) is 10.5 Å². The number of nitrogens with zero attached hydrogens (tertiary/aromatic N) is 2. The van der Waals surface area contributed by atoms with Crippen LogP contribution in [0.1, 0.15) is 15.9 Å². The first-order valence-corrected chi connectivity index (χ1v) is 7.97. The molecule has 1 aliphatic heterocycles. The Labute approximate surface area is 151 Å². The van der Waals surface area contributed by atoms with Crippen molar-refractivity contribution in [3.63, 3.8) is 0 Å². The van der Waals surface area contributed by atoms with Gasteiger partial charge in [-0.1, -0.05) is 18.2 Å². The van der Waals surface area contributed by atoms with Crippen molar-refractivity contribution in [2.45, 2.75) is 6.54 Å². The van der Waals surface area contributed by atoms with Crippen molar-refractivity contribution in [1.29, 1.82) is 0 Å². The first-order chi connectivity index (χ1) is 12.5. The summed E-state index contributed by atoms with van der Waals surface area (Å²) in [5.74, 6) is 0.341. The summed E-state index contributed by atoms with van der Waals surface area (Å²) >= 11 is 0. The predicted octanol–water partition coefficient (Wildman–Crippen LogP) is 1.07. The van der Waals surface area contributed by atoms with Gasteiger partial charge in [0.05, 0.1) is 32.0 Å². The van der Waals surface area contributed by atoms with Gasteiger partial charge in [0.25, 0.3) is 5.91 Å². The smallest absolute Gasteiger partial charge is 0.272 e. The molecular weight excluding hydrogens is 336 g/mol. The van der Waals surface area contributed by atoms with Gasteiger partial charge in [-0.3, -0.25) is 14.6 Å². The molecule has 8 nitrogen and oxygen atoms in total. The molecule has 8 heteroatoms. The Balaban J connectivity index is 1.92. The lowest BCUT2D eigenvalue weighted by Crippen LogP contribution is -2.58. The summed E-state index contributed by atoms with van der Waals surface area (Å²) in [5, 5.41) is 2.98. The molecule has 2 aromatic rings. The average molecular weight is 356 g/mol. The molecule has 0 saturated heterocycles. The average Bonchev–Trinajstić information content (AvgIpc) is 2.65. The number of nitrogens with one attached hydrogen (secondary N) is 1. The number of carbonyl (C=O) groups is 2. The van der Waals surface area contributed by atoms with Crippen LogP contribution in [0.15, 0.2) is 42.5 Å². The maximum absolute atomic E-state index is 12.5. The molecule has 0 unspecified atom stereocenters. The van der Waals surface area contributed by atoms with Crippen LogP contribution in [-0.2, 0) is 11.3 Å². The van der Waals surface area contributed by atoms with E-state index in [1.54, 1.807) is 31.4 Å². The Morgan fingerprint density at radius 3 is 2.50 bits per heavy atom. The summed E-state index contributed by atoms with van der Waals surface area (Å²) in [6.45, 7) is 0.204. The minimum atomic E-state index is -0.601. The largest absolute Gasteiger partial charge is 0.493 e. The number of carbonyl (C=O) groups excluding carboxylic acids is 2. The van der Waals surface area contributed by atoms with Gasteiger partial charge in [-0.25, -0.2) is 5.01 Å². The Kier molecular flexibility index (Phi) is 4.94. The Hall–Kier alpha value is -3.26. The normalized spacial score (nSPS) is 13.4. The number of rotatable bonds is 6. The van der Waals surface area contributed by atoms with Gasteiger partial charge in [0, 0.05) is 0 Å². The molecule has 0 saturated carbocycles. The molecule has 0 radical (unpaired) electrons. The number of anilines is 1. The van der Waals surface area contributed by atoms with Crippen LogP contribution in [0.3, 0.4) is 0 Å². The fourth-order valence-electron chi connectivity index (χ4n) is 2.83. The van der Waals surface area contributed by atoms with Crippen LogP contribution >= 0.6 is 0 Å². The monoisotopic (exact) mass is 356 g/mol. The molecule has 2 amide bonds. The van der Waals surface area contributed by atoms with E-state index < -0.39 is 5.91 Å². The molecule has 0 aromatic heterocycles. The highest BCUT2D eigenvalue weighted by molar-refractivity contribution is 6.02. The molecule has 3 rings (SSSR count). The zero-order valence-corrected chi connectivity index (χ0v) is 14.6. The summed E-state index contributed by atoms with van der Waals surface area (Å²) in [4.78, 5) is 23.8.